The number of aliphatic hydroxyl groups is 1. The van der Waals surface area contributed by atoms with Gasteiger partial charge in [0.25, 0.3) is 0 Å². The largest absolute Gasteiger partial charge is 0.387 e. The third-order valence-corrected chi connectivity index (χ3v) is 3.51. The molecule has 2 heterocycles. The van der Waals surface area contributed by atoms with Gasteiger partial charge in [0.15, 0.2) is 12.1 Å². The van der Waals surface area contributed by atoms with Gasteiger partial charge in [-0.2, -0.15) is 0 Å². The van der Waals surface area contributed by atoms with Crippen molar-refractivity contribution in [3.8, 4) is 0 Å². The van der Waals surface area contributed by atoms with Gasteiger partial charge in [-0.25, -0.2) is 0 Å². The molecule has 1 aromatic carbocycles. The van der Waals surface area contributed by atoms with Gasteiger partial charge in [0.1, 0.15) is 18.3 Å². The fraction of sp³-hybridized carbons (Fsp3) is 0.600. The van der Waals surface area contributed by atoms with E-state index in [1.165, 1.54) is 0 Å². The van der Waals surface area contributed by atoms with Crippen LogP contribution in [-0.2, 0) is 25.6 Å². The van der Waals surface area contributed by atoms with Crippen molar-refractivity contribution in [2.24, 2.45) is 0 Å². The quantitative estimate of drug-likeness (QED) is 0.904. The molecule has 0 aromatic heterocycles. The van der Waals surface area contributed by atoms with E-state index in [0.717, 1.165) is 5.56 Å². The molecule has 0 aliphatic carbocycles. The van der Waals surface area contributed by atoms with E-state index in [9.17, 15) is 5.11 Å². The summed E-state index contributed by atoms with van der Waals surface area (Å²) in [6, 6.07) is 9.89. The number of aliphatic hydroxyl groups excluding tert-OH is 1. The summed E-state index contributed by atoms with van der Waals surface area (Å²) >= 11 is 0. The molecule has 0 bridgehead atoms. The SMILES string of the molecule is CC1(C)O[C@H]2O[C@H](COCc3ccccc3)[C@H](O)[C@H]2O1. The van der Waals surface area contributed by atoms with E-state index in [1.54, 1.807) is 0 Å². The first kappa shape index (κ1) is 14.0. The Bertz CT molecular complexity index is 447. The molecule has 2 fully saturated rings. The van der Waals surface area contributed by atoms with Crippen molar-refractivity contribution in [3.05, 3.63) is 35.9 Å². The Balaban J connectivity index is 1.49. The van der Waals surface area contributed by atoms with Gasteiger partial charge in [0.05, 0.1) is 13.2 Å². The Morgan fingerprint density at radius 2 is 1.95 bits per heavy atom. The average Bonchev–Trinajstić information content (AvgIpc) is 2.86. The van der Waals surface area contributed by atoms with Crippen molar-refractivity contribution in [2.45, 2.75) is 50.8 Å². The first-order chi connectivity index (χ1) is 9.55. The molecule has 1 N–H and O–H groups in total. The molecule has 2 aliphatic rings. The van der Waals surface area contributed by atoms with E-state index in [4.69, 9.17) is 18.9 Å². The van der Waals surface area contributed by atoms with Crippen LogP contribution in [0.25, 0.3) is 0 Å². The molecule has 0 unspecified atom stereocenters. The second kappa shape index (κ2) is 5.42. The molecule has 1 aromatic rings. The highest BCUT2D eigenvalue weighted by Gasteiger charge is 2.54. The Kier molecular flexibility index (Phi) is 3.79. The standard InChI is InChI=1S/C15H20O5/c1-15(2)19-13-12(16)11(18-14(13)20-15)9-17-8-10-6-4-3-5-7-10/h3-7,11-14,16H,8-9H2,1-2H3/t11-,12+,13-,14-/m1/s1. The summed E-state index contributed by atoms with van der Waals surface area (Å²) in [6.45, 7) is 4.43. The van der Waals surface area contributed by atoms with Crippen molar-refractivity contribution in [1.82, 2.24) is 0 Å². The summed E-state index contributed by atoms with van der Waals surface area (Å²) in [6.07, 6.45) is -2.08. The van der Waals surface area contributed by atoms with E-state index in [-0.39, 0.29) is 0 Å². The van der Waals surface area contributed by atoms with Gasteiger partial charge in [-0.1, -0.05) is 30.3 Å². The van der Waals surface area contributed by atoms with E-state index in [0.29, 0.717) is 13.2 Å². The number of ether oxygens (including phenoxy) is 4. The van der Waals surface area contributed by atoms with Crippen LogP contribution in [0.5, 0.6) is 0 Å². The summed E-state index contributed by atoms with van der Waals surface area (Å²) in [5.41, 5.74) is 1.09. The predicted octanol–water partition coefficient (Wildman–Crippen LogP) is 1.44. The van der Waals surface area contributed by atoms with E-state index in [2.05, 4.69) is 0 Å². The van der Waals surface area contributed by atoms with Crippen LogP contribution in [-0.4, -0.2) is 42.1 Å². The highest BCUT2D eigenvalue weighted by Crippen LogP contribution is 2.37. The van der Waals surface area contributed by atoms with Crippen molar-refractivity contribution in [3.63, 3.8) is 0 Å². The first-order valence-electron chi connectivity index (χ1n) is 6.86. The zero-order valence-corrected chi connectivity index (χ0v) is 11.7. The second-order valence-corrected chi connectivity index (χ2v) is 5.63. The molecule has 0 amide bonds. The molecule has 5 heteroatoms. The normalized spacial score (nSPS) is 35.1. The zero-order valence-electron chi connectivity index (χ0n) is 11.7. The third kappa shape index (κ3) is 2.87. The van der Waals surface area contributed by atoms with Crippen LogP contribution < -0.4 is 0 Å². The van der Waals surface area contributed by atoms with E-state index < -0.39 is 30.4 Å². The van der Waals surface area contributed by atoms with Crippen molar-refractivity contribution >= 4 is 0 Å². The maximum absolute atomic E-state index is 10.2. The lowest BCUT2D eigenvalue weighted by atomic mass is 10.1. The minimum absolute atomic E-state index is 0.316. The van der Waals surface area contributed by atoms with Crippen LogP contribution >= 0.6 is 0 Å². The molecule has 0 spiro atoms. The molecule has 110 valence electrons. The smallest absolute Gasteiger partial charge is 0.190 e. The summed E-state index contributed by atoms with van der Waals surface area (Å²) in [5, 5.41) is 10.2. The lowest BCUT2D eigenvalue weighted by Crippen LogP contribution is -2.36. The van der Waals surface area contributed by atoms with Gasteiger partial charge < -0.3 is 24.1 Å². The number of hydrogen-bond donors (Lipinski definition) is 1. The molecular formula is C15H20O5. The maximum Gasteiger partial charge on any atom is 0.190 e. The maximum atomic E-state index is 10.2. The third-order valence-electron chi connectivity index (χ3n) is 3.51. The second-order valence-electron chi connectivity index (χ2n) is 5.63. The number of rotatable bonds is 4. The lowest BCUT2D eigenvalue weighted by Gasteiger charge is -2.22. The van der Waals surface area contributed by atoms with Crippen molar-refractivity contribution < 1.29 is 24.1 Å². The molecule has 4 atom stereocenters. The summed E-state index contributed by atoms with van der Waals surface area (Å²) in [5.74, 6) is -0.702. The Morgan fingerprint density at radius 1 is 1.20 bits per heavy atom. The Hall–Kier alpha value is -0.980. The van der Waals surface area contributed by atoms with Crippen LogP contribution in [0, 0.1) is 0 Å². The molecule has 2 saturated heterocycles. The van der Waals surface area contributed by atoms with Gasteiger partial charge >= 0.3 is 0 Å². The van der Waals surface area contributed by atoms with Gasteiger partial charge in [0, 0.05) is 0 Å². The molecule has 0 radical (unpaired) electrons. The summed E-state index contributed by atoms with van der Waals surface area (Å²) < 4.78 is 22.4. The van der Waals surface area contributed by atoms with Gasteiger partial charge in [-0.15, -0.1) is 0 Å². The Morgan fingerprint density at radius 3 is 2.65 bits per heavy atom. The molecular weight excluding hydrogens is 260 g/mol. The topological polar surface area (TPSA) is 57.2 Å². The molecule has 20 heavy (non-hydrogen) atoms. The summed E-state index contributed by atoms with van der Waals surface area (Å²) in [7, 11) is 0. The monoisotopic (exact) mass is 280 g/mol. The van der Waals surface area contributed by atoms with Crippen LogP contribution in [0.1, 0.15) is 19.4 Å². The van der Waals surface area contributed by atoms with Crippen LogP contribution in [0.2, 0.25) is 0 Å². The van der Waals surface area contributed by atoms with Crippen molar-refractivity contribution in [2.75, 3.05) is 6.61 Å². The predicted molar refractivity (Wildman–Crippen MR) is 70.8 cm³/mol. The minimum Gasteiger partial charge on any atom is -0.387 e. The van der Waals surface area contributed by atoms with Crippen LogP contribution in [0.4, 0.5) is 0 Å². The summed E-state index contributed by atoms with van der Waals surface area (Å²) in [4.78, 5) is 0. The fourth-order valence-electron chi connectivity index (χ4n) is 2.56. The number of hydrogen-bond acceptors (Lipinski definition) is 5. The first-order valence-corrected chi connectivity index (χ1v) is 6.86. The minimum atomic E-state index is -0.724. The van der Waals surface area contributed by atoms with E-state index >= 15 is 0 Å². The van der Waals surface area contributed by atoms with Gasteiger partial charge in [-0.05, 0) is 19.4 Å². The van der Waals surface area contributed by atoms with Crippen LogP contribution in [0.15, 0.2) is 30.3 Å². The molecule has 2 aliphatic heterocycles. The fourth-order valence-corrected chi connectivity index (χ4v) is 2.56. The molecule has 5 nitrogen and oxygen atoms in total. The van der Waals surface area contributed by atoms with E-state index in [1.807, 2.05) is 44.2 Å². The van der Waals surface area contributed by atoms with Gasteiger partial charge in [0.2, 0.25) is 0 Å². The molecule has 3 rings (SSSR count). The van der Waals surface area contributed by atoms with Crippen molar-refractivity contribution in [1.29, 1.82) is 0 Å². The van der Waals surface area contributed by atoms with Gasteiger partial charge in [-0.3, -0.25) is 0 Å². The zero-order chi connectivity index (χ0) is 14.2. The number of benzene rings is 1. The van der Waals surface area contributed by atoms with Crippen LogP contribution in [0.3, 0.4) is 0 Å². The lowest BCUT2D eigenvalue weighted by molar-refractivity contribution is -0.220. The Labute approximate surface area is 118 Å². The average molecular weight is 280 g/mol. The highest BCUT2D eigenvalue weighted by atomic mass is 16.8. The molecule has 0 saturated carbocycles. The number of fused-ring (bicyclic) bond motifs is 1. The highest BCUT2D eigenvalue weighted by molar-refractivity contribution is 5.13.